The number of hydrogen-bond acceptors (Lipinski definition) is 7. The number of thiazole rings is 1. The van der Waals surface area contributed by atoms with Gasteiger partial charge in [-0.25, -0.2) is 4.98 Å². The van der Waals surface area contributed by atoms with E-state index in [1.165, 1.54) is 5.56 Å². The van der Waals surface area contributed by atoms with Gasteiger partial charge in [-0.2, -0.15) is 0 Å². The summed E-state index contributed by atoms with van der Waals surface area (Å²) in [6.45, 7) is 2.86. The molecule has 0 amide bonds. The fourth-order valence-electron chi connectivity index (χ4n) is 6.79. The zero-order valence-electron chi connectivity index (χ0n) is 28.7. The Morgan fingerprint density at radius 1 is 0.490 bits per heavy atom. The summed E-state index contributed by atoms with van der Waals surface area (Å²) < 4.78 is 27.8. The third-order valence-electron chi connectivity index (χ3n) is 9.29. The summed E-state index contributed by atoms with van der Waals surface area (Å²) in [5.74, 6) is 0. The number of hydrogen-bond donors (Lipinski definition) is 0. The van der Waals surface area contributed by atoms with Crippen molar-refractivity contribution in [2.45, 2.75) is 63.4 Å². The molecular weight excluding hydrogens is 653 g/mol. The topological polar surface area (TPSA) is 53.1 Å². The van der Waals surface area contributed by atoms with Crippen LogP contribution in [0.5, 0.6) is 0 Å². The Morgan fingerprint density at radius 3 is 1.39 bits per heavy atom. The molecule has 5 aromatic carbocycles. The number of aromatic nitrogens is 1. The summed E-state index contributed by atoms with van der Waals surface area (Å²) in [6.07, 6.45) is 0.637. The highest BCUT2D eigenvalue weighted by molar-refractivity contribution is 7.09. The van der Waals surface area contributed by atoms with Gasteiger partial charge in [-0.15, -0.1) is 11.3 Å². The van der Waals surface area contributed by atoms with Crippen molar-refractivity contribution in [3.63, 3.8) is 0 Å². The van der Waals surface area contributed by atoms with Crippen LogP contribution in [0.2, 0.25) is 0 Å². The van der Waals surface area contributed by atoms with Crippen LogP contribution >= 0.6 is 11.3 Å². The van der Waals surface area contributed by atoms with Crippen LogP contribution in [0.1, 0.15) is 38.9 Å². The Bertz CT molecular complexity index is 1830. The minimum absolute atomic E-state index is 0.191. The average molecular weight is 697 g/mol. The first-order valence-electron chi connectivity index (χ1n) is 17.6. The van der Waals surface area contributed by atoms with Crippen LogP contribution in [0.15, 0.2) is 163 Å². The number of piperidine rings is 1. The van der Waals surface area contributed by atoms with Crippen LogP contribution in [0.3, 0.4) is 0 Å². The monoisotopic (exact) mass is 696 g/mol. The van der Waals surface area contributed by atoms with E-state index in [4.69, 9.17) is 23.9 Å². The van der Waals surface area contributed by atoms with E-state index < -0.39 is 18.3 Å². The largest absolute Gasteiger partial charge is 0.375 e. The van der Waals surface area contributed by atoms with E-state index in [0.717, 1.165) is 27.3 Å². The Morgan fingerprint density at radius 2 is 0.922 bits per heavy atom. The third kappa shape index (κ3) is 9.45. The molecule has 7 rings (SSSR count). The molecule has 0 radical (unpaired) electrons. The molecule has 0 saturated carbocycles. The standard InChI is InChI=1S/C44H44N2O4S/c1-6-16-34(17-7-1)28-46-39(33-47-29-35-18-8-2-9-19-35)41(48-30-36-20-10-3-11-21-36)43(50-32-38-24-14-5-15-25-38)42(40(46)44-45-26-27-51-44)49-31-37-22-12-4-13-23-37/h1-27,39-43H,28-33H2/t39-,40-,41-,42-,43-/m0/s1. The number of ether oxygens (including phenoxy) is 4. The highest BCUT2D eigenvalue weighted by Crippen LogP contribution is 2.42. The lowest BCUT2D eigenvalue weighted by Gasteiger charge is -2.52. The molecule has 0 spiro atoms. The van der Waals surface area contributed by atoms with E-state index in [0.29, 0.717) is 39.6 Å². The van der Waals surface area contributed by atoms with Gasteiger partial charge in [0, 0.05) is 18.1 Å². The van der Waals surface area contributed by atoms with E-state index in [1.54, 1.807) is 11.3 Å². The molecule has 1 aliphatic heterocycles. The minimum atomic E-state index is -0.441. The molecule has 1 aliphatic rings. The minimum Gasteiger partial charge on any atom is -0.375 e. The van der Waals surface area contributed by atoms with Crippen molar-refractivity contribution in [3.8, 4) is 0 Å². The summed E-state index contributed by atoms with van der Waals surface area (Å²) in [5, 5.41) is 3.02. The van der Waals surface area contributed by atoms with Gasteiger partial charge in [0.2, 0.25) is 0 Å². The predicted molar refractivity (Wildman–Crippen MR) is 202 cm³/mol. The van der Waals surface area contributed by atoms with Crippen LogP contribution < -0.4 is 0 Å². The molecule has 260 valence electrons. The highest BCUT2D eigenvalue weighted by Gasteiger charge is 2.53. The maximum Gasteiger partial charge on any atom is 0.114 e. The molecule has 0 aliphatic carbocycles. The van der Waals surface area contributed by atoms with Crippen molar-refractivity contribution in [1.82, 2.24) is 9.88 Å². The summed E-state index contributed by atoms with van der Waals surface area (Å²) in [4.78, 5) is 7.42. The second kappa shape index (κ2) is 18.1. The van der Waals surface area contributed by atoms with E-state index in [1.807, 2.05) is 60.1 Å². The number of rotatable bonds is 16. The lowest BCUT2D eigenvalue weighted by atomic mass is 9.86. The third-order valence-corrected chi connectivity index (χ3v) is 10.1. The Hall–Kier alpha value is -4.47. The van der Waals surface area contributed by atoms with Gasteiger partial charge in [-0.3, -0.25) is 4.90 Å². The molecule has 6 nitrogen and oxygen atoms in total. The lowest BCUT2D eigenvalue weighted by Crippen LogP contribution is -2.65. The second-order valence-corrected chi connectivity index (χ2v) is 13.8. The maximum absolute atomic E-state index is 7.06. The maximum atomic E-state index is 7.06. The summed E-state index contributed by atoms with van der Waals surface area (Å²) >= 11 is 1.65. The molecule has 7 heteroatoms. The van der Waals surface area contributed by atoms with Crippen molar-refractivity contribution in [2.24, 2.45) is 0 Å². The van der Waals surface area contributed by atoms with Crippen LogP contribution in [-0.4, -0.2) is 40.8 Å². The van der Waals surface area contributed by atoms with Gasteiger partial charge in [0.15, 0.2) is 0 Å². The van der Waals surface area contributed by atoms with Crippen molar-refractivity contribution in [3.05, 3.63) is 196 Å². The molecule has 1 fully saturated rings. The van der Waals surface area contributed by atoms with Crippen LogP contribution in [0.25, 0.3) is 0 Å². The first kappa shape index (κ1) is 35.0. The van der Waals surface area contributed by atoms with Gasteiger partial charge in [0.25, 0.3) is 0 Å². The van der Waals surface area contributed by atoms with Crippen LogP contribution in [0.4, 0.5) is 0 Å². The van der Waals surface area contributed by atoms with Crippen molar-refractivity contribution in [1.29, 1.82) is 0 Å². The molecule has 1 saturated heterocycles. The second-order valence-electron chi connectivity index (χ2n) is 12.8. The van der Waals surface area contributed by atoms with Crippen LogP contribution in [-0.2, 0) is 51.9 Å². The highest BCUT2D eigenvalue weighted by atomic mass is 32.1. The smallest absolute Gasteiger partial charge is 0.114 e. The Labute approximate surface area is 305 Å². The first-order valence-corrected chi connectivity index (χ1v) is 18.5. The first-order chi connectivity index (χ1) is 25.3. The van der Waals surface area contributed by atoms with Gasteiger partial charge in [0.05, 0.1) is 45.1 Å². The van der Waals surface area contributed by atoms with E-state index in [2.05, 4.69) is 108 Å². The fraction of sp³-hybridized carbons (Fsp3) is 0.250. The fourth-order valence-corrected chi connectivity index (χ4v) is 7.58. The number of likely N-dealkylation sites (tertiary alicyclic amines) is 1. The van der Waals surface area contributed by atoms with Crippen molar-refractivity contribution >= 4 is 11.3 Å². The molecule has 6 aromatic rings. The molecule has 51 heavy (non-hydrogen) atoms. The molecule has 5 atom stereocenters. The quantitative estimate of drug-likeness (QED) is 0.101. The molecule has 0 N–H and O–H groups in total. The Kier molecular flexibility index (Phi) is 12.4. The Balaban J connectivity index is 1.31. The van der Waals surface area contributed by atoms with Gasteiger partial charge < -0.3 is 18.9 Å². The SMILES string of the molecule is c1ccc(COC[C@H]2[C@H](OCc3ccccc3)[C@H](OCc3ccccc3)[C@@H](OCc3ccccc3)[C@@H](c3nccs3)N2Cc2ccccc2)cc1. The molecular formula is C44H44N2O4S. The average Bonchev–Trinajstić information content (AvgIpc) is 3.73. The van der Waals surface area contributed by atoms with E-state index >= 15 is 0 Å². The number of benzene rings is 5. The molecule has 1 aromatic heterocycles. The van der Waals surface area contributed by atoms with Crippen molar-refractivity contribution < 1.29 is 18.9 Å². The van der Waals surface area contributed by atoms with Gasteiger partial charge in [-0.05, 0) is 27.8 Å². The zero-order valence-corrected chi connectivity index (χ0v) is 29.5. The normalized spacial score (nSPS) is 20.7. The summed E-state index contributed by atoms with van der Waals surface area (Å²) in [7, 11) is 0. The number of nitrogens with zero attached hydrogens (tertiary/aromatic N) is 2. The van der Waals surface area contributed by atoms with Crippen LogP contribution in [0, 0.1) is 0 Å². The van der Waals surface area contributed by atoms with E-state index in [-0.39, 0.29) is 12.1 Å². The zero-order chi connectivity index (χ0) is 34.5. The van der Waals surface area contributed by atoms with Gasteiger partial charge >= 0.3 is 0 Å². The van der Waals surface area contributed by atoms with Crippen molar-refractivity contribution in [2.75, 3.05) is 6.61 Å². The molecule has 0 unspecified atom stereocenters. The lowest BCUT2D eigenvalue weighted by molar-refractivity contribution is -0.233. The molecule has 2 heterocycles. The predicted octanol–water partition coefficient (Wildman–Crippen LogP) is 9.04. The van der Waals surface area contributed by atoms with E-state index in [9.17, 15) is 0 Å². The van der Waals surface area contributed by atoms with Gasteiger partial charge in [-0.1, -0.05) is 152 Å². The summed E-state index contributed by atoms with van der Waals surface area (Å²) in [5.41, 5.74) is 5.61. The summed E-state index contributed by atoms with van der Waals surface area (Å²) in [6, 6.07) is 51.5. The molecule has 0 bridgehead atoms. The van der Waals surface area contributed by atoms with Gasteiger partial charge in [0.1, 0.15) is 23.3 Å².